The van der Waals surface area contributed by atoms with Gasteiger partial charge in [0.15, 0.2) is 5.60 Å². The van der Waals surface area contributed by atoms with Crippen molar-refractivity contribution in [3.05, 3.63) is 105 Å². The normalized spacial score (nSPS) is 20.5. The first-order valence-corrected chi connectivity index (χ1v) is 29.3. The Morgan fingerprint density at radius 3 is 0.835 bits per heavy atom. The third-order valence-corrected chi connectivity index (χ3v) is 26.7. The van der Waals surface area contributed by atoms with Crippen molar-refractivity contribution in [2.24, 2.45) is 0 Å². The summed E-state index contributed by atoms with van der Waals surface area (Å²) in [6, 6.07) is 22.2. The van der Waals surface area contributed by atoms with Crippen LogP contribution >= 0.6 is 0 Å². The lowest BCUT2D eigenvalue weighted by molar-refractivity contribution is -0.153. The maximum atomic E-state index is 16.1. The van der Waals surface area contributed by atoms with Crippen molar-refractivity contribution in [2.45, 2.75) is 36.7 Å². The highest BCUT2D eigenvalue weighted by atomic mass is 16.6. The van der Waals surface area contributed by atoms with Crippen LogP contribution in [0, 0.1) is 0 Å². The molecule has 0 fully saturated rings. The Morgan fingerprint density at radius 1 is 0.253 bits per heavy atom. The van der Waals surface area contributed by atoms with E-state index in [4.69, 9.17) is 4.74 Å². The van der Waals surface area contributed by atoms with E-state index in [9.17, 15) is 0 Å². The summed E-state index contributed by atoms with van der Waals surface area (Å²) in [5.74, 6) is -0.0674. The highest BCUT2D eigenvalue weighted by Gasteiger charge is 2.68. The molecule has 0 saturated heterocycles. The van der Waals surface area contributed by atoms with Crippen LogP contribution in [0.25, 0.3) is 280 Å². The van der Waals surface area contributed by atoms with Crippen LogP contribution in [0.5, 0.6) is 0 Å². The molecule has 79 heavy (non-hydrogen) atoms. The first-order valence-electron chi connectivity index (χ1n) is 29.3. The number of aryl methyl sites for hydroxylation is 2. The van der Waals surface area contributed by atoms with Crippen molar-refractivity contribution < 1.29 is 9.53 Å². The Balaban J connectivity index is 1.02. The van der Waals surface area contributed by atoms with Gasteiger partial charge in [-0.25, -0.2) is 0 Å². The Hall–Kier alpha value is -9.63. The molecule has 0 radical (unpaired) electrons. The van der Waals surface area contributed by atoms with Crippen molar-refractivity contribution in [3.63, 3.8) is 0 Å². The molecule has 0 amide bonds. The summed E-state index contributed by atoms with van der Waals surface area (Å²) in [7, 11) is 0. The number of rotatable bonds is 7. The molecule has 2 heteroatoms. The Labute approximate surface area is 435 Å². The first-order chi connectivity index (χ1) is 39.3. The highest BCUT2D eigenvalue weighted by molar-refractivity contribution is 6.81. The molecular formula is C77H18O2. The van der Waals surface area contributed by atoms with Crippen molar-refractivity contribution in [1.82, 2.24) is 0 Å². The lowest BCUT2D eigenvalue weighted by Crippen LogP contribution is -2.45. The fourth-order valence-electron chi connectivity index (χ4n) is 26.0. The smallest absolute Gasteiger partial charge is 0.307 e. The average molecular weight is 975 g/mol. The minimum atomic E-state index is -1.11. The number of benzene rings is 19. The molecule has 2 nitrogen and oxygen atoms in total. The van der Waals surface area contributed by atoms with Crippen LogP contribution in [-0.4, -0.2) is 5.97 Å². The van der Waals surface area contributed by atoms with Gasteiger partial charge in [-0.3, -0.25) is 4.79 Å². The SMILES string of the molecule is O=C(CCc1ccccc1)OC12c3c4c5c6c7c8c9c%10c(c1c1c%11c2c2c%12c3c5c3c5c6c6c7c7c9c9c%13c%10c1c1c%10c%11c%11c2c2c%12c3c3c5c5c6c6c7c9c7c(c%131)c1c%10c%11c9c2c3c2c9c1c7c6c52)C48CCc1ccccc1. The van der Waals surface area contributed by atoms with Crippen molar-refractivity contribution in [1.29, 1.82) is 0 Å². The summed E-state index contributed by atoms with van der Waals surface area (Å²) in [5.41, 5.74) is 9.85. The number of carbonyl (C=O) groups is 1. The van der Waals surface area contributed by atoms with Gasteiger partial charge in [0.1, 0.15) is 0 Å². The van der Waals surface area contributed by atoms with Gasteiger partial charge in [-0.1, -0.05) is 60.7 Å². The number of hydrogen-bond acceptors (Lipinski definition) is 2. The molecule has 0 heterocycles. The molecule has 34 rings (SSSR count). The highest BCUT2D eigenvalue weighted by Crippen LogP contribution is 2.84. The first kappa shape index (κ1) is 31.6. The molecule has 0 aromatic heterocycles. The van der Waals surface area contributed by atoms with Gasteiger partial charge >= 0.3 is 5.97 Å². The molecule has 5 aliphatic carbocycles. The van der Waals surface area contributed by atoms with Gasteiger partial charge in [-0.15, -0.1) is 0 Å². The second-order valence-electron chi connectivity index (χ2n) is 27.8. The molecule has 2 atom stereocenters. The molecule has 5 aliphatic rings. The van der Waals surface area contributed by atoms with Gasteiger partial charge in [-0.2, -0.15) is 0 Å². The van der Waals surface area contributed by atoms with E-state index in [0.29, 0.717) is 12.8 Å². The Bertz CT molecular complexity index is 7900. The minimum Gasteiger partial charge on any atom is -0.444 e. The van der Waals surface area contributed by atoms with Gasteiger partial charge in [-0.05, 0) is 322 Å². The van der Waals surface area contributed by atoms with E-state index in [-0.39, 0.29) is 5.97 Å². The van der Waals surface area contributed by atoms with E-state index < -0.39 is 11.0 Å². The third-order valence-electron chi connectivity index (χ3n) is 26.7. The molecule has 0 saturated carbocycles. The average Bonchev–Trinajstić information content (AvgIpc) is 1.77. The summed E-state index contributed by atoms with van der Waals surface area (Å²) in [6.07, 6.45) is 2.95. The maximum Gasteiger partial charge on any atom is 0.307 e. The van der Waals surface area contributed by atoms with Gasteiger partial charge < -0.3 is 4.74 Å². The Morgan fingerprint density at radius 2 is 0.481 bits per heavy atom. The third kappa shape index (κ3) is 1.94. The predicted molar refractivity (Wildman–Crippen MR) is 328 cm³/mol. The van der Waals surface area contributed by atoms with Gasteiger partial charge in [0, 0.05) is 33.9 Å². The molecule has 29 aromatic carbocycles. The van der Waals surface area contributed by atoms with E-state index in [1.807, 2.05) is 0 Å². The molecule has 0 aliphatic heterocycles. The standard InChI is InChI=1S/C77H18O2/c78-17(12-11-15-7-3-1-4-8-15)79-77-71-63-54-47-34-27-21-20-22-18-19-23(21)32(34)38-36-25(19)28-24(18)35-37-31(22)33-26(20)29-30(27)41-48-40(29)49-46(33)53-51(37)55-42(35)44-39(28)45-43(36)56(52(38)54)67(71)69-58(45)57(44)68-66(55)70-62(53)59(49)64-61(48)65(60(63)50(41)47)74(77)72(64)76(70,73(68)75(69)77)14-13-16-9-5-2-6-10-16/h1-10H,11-14H2. The predicted octanol–water partition coefficient (Wildman–Crippen LogP) is 19.7. The molecule has 29 aromatic rings. The van der Waals surface area contributed by atoms with Crippen LogP contribution in [0.15, 0.2) is 60.7 Å². The number of hydrogen-bond donors (Lipinski definition) is 0. The lowest BCUT2D eigenvalue weighted by atomic mass is 9.56. The monoisotopic (exact) mass is 974 g/mol. The van der Waals surface area contributed by atoms with Crippen molar-refractivity contribution in [3.8, 4) is 0 Å². The number of ether oxygens (including phenoxy) is 1. The van der Waals surface area contributed by atoms with Crippen LogP contribution in [-0.2, 0) is 33.4 Å². The topological polar surface area (TPSA) is 26.3 Å². The molecule has 0 spiro atoms. The van der Waals surface area contributed by atoms with Crippen molar-refractivity contribution >= 4 is 286 Å². The molecular weight excluding hydrogens is 957 g/mol. The largest absolute Gasteiger partial charge is 0.444 e. The van der Waals surface area contributed by atoms with Gasteiger partial charge in [0.2, 0.25) is 0 Å². The summed E-state index contributed by atoms with van der Waals surface area (Å²) in [6.45, 7) is 0. The van der Waals surface area contributed by atoms with Gasteiger partial charge in [0.05, 0.1) is 0 Å². The minimum absolute atomic E-state index is 0.0674. The zero-order valence-electron chi connectivity index (χ0n) is 40.9. The number of carbonyl (C=O) groups excluding carboxylic acids is 1. The summed E-state index contributed by atoms with van der Waals surface area (Å²) in [4.78, 5) is 16.1. The van der Waals surface area contributed by atoms with Crippen LogP contribution in [0.3, 0.4) is 0 Å². The van der Waals surface area contributed by atoms with E-state index in [0.717, 1.165) is 12.8 Å². The van der Waals surface area contributed by atoms with E-state index >= 15 is 4.79 Å². The van der Waals surface area contributed by atoms with E-state index in [1.165, 1.54) is 98.2 Å². The summed E-state index contributed by atoms with van der Waals surface area (Å²) >= 11 is 0. The molecule has 0 N–H and O–H groups in total. The summed E-state index contributed by atoms with van der Waals surface area (Å²) < 4.78 is 8.25. The number of esters is 1. The molecule has 0 bridgehead atoms. The van der Waals surface area contributed by atoms with Crippen LogP contribution in [0.2, 0.25) is 0 Å². The maximum absolute atomic E-state index is 16.1. The zero-order valence-corrected chi connectivity index (χ0v) is 40.9. The fourth-order valence-corrected chi connectivity index (χ4v) is 26.0. The molecule has 2 unspecified atom stereocenters. The van der Waals surface area contributed by atoms with Crippen LogP contribution in [0.1, 0.15) is 57.3 Å². The van der Waals surface area contributed by atoms with Crippen LogP contribution in [0.4, 0.5) is 0 Å². The molecule has 338 valence electrons. The van der Waals surface area contributed by atoms with E-state index in [1.54, 1.807) is 226 Å². The van der Waals surface area contributed by atoms with Crippen LogP contribution < -0.4 is 0 Å². The Kier molecular flexibility index (Phi) is 3.09. The second kappa shape index (κ2) is 7.73. The lowest BCUT2D eigenvalue weighted by Gasteiger charge is -2.48. The quantitative estimate of drug-likeness (QED) is 0.117. The van der Waals surface area contributed by atoms with E-state index in [2.05, 4.69) is 60.7 Å². The van der Waals surface area contributed by atoms with Crippen molar-refractivity contribution in [2.75, 3.05) is 0 Å². The fraction of sp³-hybridized carbons (Fsp3) is 0.0779. The zero-order chi connectivity index (χ0) is 47.8. The summed E-state index contributed by atoms with van der Waals surface area (Å²) in [5, 5.41) is 81.3. The second-order valence-corrected chi connectivity index (χ2v) is 27.8. The van der Waals surface area contributed by atoms with Gasteiger partial charge in [0.25, 0.3) is 0 Å².